The smallest absolute Gasteiger partial charge is 0.261 e. The maximum absolute atomic E-state index is 12.3. The Hall–Kier alpha value is -2.05. The fourth-order valence-corrected chi connectivity index (χ4v) is 3.07. The molecule has 0 saturated heterocycles. The van der Waals surface area contributed by atoms with Crippen molar-refractivity contribution in [1.82, 2.24) is 0 Å². The van der Waals surface area contributed by atoms with Gasteiger partial charge in [-0.1, -0.05) is 12.1 Å². The number of anilines is 1. The first-order valence-corrected chi connectivity index (χ1v) is 8.49. The molecule has 2 aromatic rings. The molecule has 0 aromatic heterocycles. The number of ether oxygens (including phenoxy) is 1. The number of nitrogens with one attached hydrogen (secondary N) is 1. The van der Waals surface area contributed by atoms with Gasteiger partial charge in [-0.15, -0.1) is 0 Å². The minimum Gasteiger partial charge on any atom is -0.497 e. The van der Waals surface area contributed by atoms with Crippen LogP contribution in [0, 0.1) is 0 Å². The Kier molecular flexibility index (Phi) is 5.41. The summed E-state index contributed by atoms with van der Waals surface area (Å²) in [6.07, 6.45) is 1.74. The lowest BCUT2D eigenvalue weighted by atomic mass is 10.1. The Balaban J connectivity index is 2.11. The highest BCUT2D eigenvalue weighted by atomic mass is 32.2. The standard InChI is InChI=1S/C16H20N2O3S/c1-21-15-8-6-14(7-9-15)18-22(19,20)16-10-4-13(5-11-16)3-2-12-17/h4-11,18H,2-3,12,17H2,1H3. The van der Waals surface area contributed by atoms with Crippen molar-refractivity contribution in [3.8, 4) is 5.75 Å². The molecule has 0 bridgehead atoms. The number of rotatable bonds is 7. The van der Waals surface area contributed by atoms with Gasteiger partial charge in [-0.3, -0.25) is 4.72 Å². The van der Waals surface area contributed by atoms with Crippen LogP contribution in [-0.4, -0.2) is 22.1 Å². The molecule has 2 aromatic carbocycles. The molecule has 0 radical (unpaired) electrons. The zero-order valence-electron chi connectivity index (χ0n) is 12.5. The Morgan fingerprint density at radius 2 is 1.68 bits per heavy atom. The number of hydrogen-bond donors (Lipinski definition) is 2. The molecule has 0 aliphatic heterocycles. The molecule has 0 saturated carbocycles. The van der Waals surface area contributed by atoms with Crippen LogP contribution in [0.15, 0.2) is 53.4 Å². The van der Waals surface area contributed by atoms with Gasteiger partial charge in [0.1, 0.15) is 5.75 Å². The third-order valence-electron chi connectivity index (χ3n) is 3.25. The molecule has 0 atom stereocenters. The number of nitrogens with two attached hydrogens (primary N) is 1. The van der Waals surface area contributed by atoms with E-state index in [1.54, 1.807) is 43.5 Å². The highest BCUT2D eigenvalue weighted by molar-refractivity contribution is 7.92. The first kappa shape index (κ1) is 16.3. The van der Waals surface area contributed by atoms with Gasteiger partial charge in [0.15, 0.2) is 0 Å². The first-order valence-electron chi connectivity index (χ1n) is 7.01. The molecule has 0 fully saturated rings. The van der Waals surface area contributed by atoms with E-state index in [-0.39, 0.29) is 4.90 Å². The summed E-state index contributed by atoms with van der Waals surface area (Å²) < 4.78 is 32.2. The highest BCUT2D eigenvalue weighted by Gasteiger charge is 2.13. The fraction of sp³-hybridized carbons (Fsp3) is 0.250. The number of hydrogen-bond acceptors (Lipinski definition) is 4. The second-order valence-corrected chi connectivity index (χ2v) is 6.55. The normalized spacial score (nSPS) is 11.2. The zero-order chi connectivity index (χ0) is 16.0. The van der Waals surface area contributed by atoms with Gasteiger partial charge in [0, 0.05) is 5.69 Å². The molecule has 118 valence electrons. The molecule has 0 heterocycles. The van der Waals surface area contributed by atoms with Gasteiger partial charge in [0.2, 0.25) is 0 Å². The average molecular weight is 320 g/mol. The van der Waals surface area contributed by atoms with E-state index in [0.717, 1.165) is 18.4 Å². The van der Waals surface area contributed by atoms with Crippen LogP contribution in [-0.2, 0) is 16.4 Å². The van der Waals surface area contributed by atoms with Gasteiger partial charge in [-0.25, -0.2) is 8.42 Å². The molecule has 22 heavy (non-hydrogen) atoms. The number of aryl methyl sites for hydroxylation is 1. The molecule has 0 aliphatic carbocycles. The van der Waals surface area contributed by atoms with Crippen LogP contribution in [0.5, 0.6) is 5.75 Å². The first-order chi connectivity index (χ1) is 10.5. The van der Waals surface area contributed by atoms with Crippen LogP contribution < -0.4 is 15.2 Å². The second-order valence-electron chi connectivity index (χ2n) is 4.87. The summed E-state index contributed by atoms with van der Waals surface area (Å²) in [5, 5.41) is 0. The molecular formula is C16H20N2O3S. The average Bonchev–Trinajstić information content (AvgIpc) is 2.53. The second kappa shape index (κ2) is 7.29. The molecule has 6 heteroatoms. The quantitative estimate of drug-likeness (QED) is 0.821. The van der Waals surface area contributed by atoms with Gasteiger partial charge in [-0.2, -0.15) is 0 Å². The van der Waals surface area contributed by atoms with Crippen molar-refractivity contribution in [3.05, 3.63) is 54.1 Å². The predicted molar refractivity (Wildman–Crippen MR) is 87.6 cm³/mol. The van der Waals surface area contributed by atoms with Gasteiger partial charge >= 0.3 is 0 Å². The van der Waals surface area contributed by atoms with Crippen LogP contribution in [0.3, 0.4) is 0 Å². The predicted octanol–water partition coefficient (Wildman–Crippen LogP) is 2.39. The summed E-state index contributed by atoms with van der Waals surface area (Å²) in [6, 6.07) is 13.6. The van der Waals surface area contributed by atoms with Crippen molar-refractivity contribution in [2.45, 2.75) is 17.7 Å². The number of benzene rings is 2. The lowest BCUT2D eigenvalue weighted by Gasteiger charge is -2.09. The van der Waals surface area contributed by atoms with Crippen molar-refractivity contribution >= 4 is 15.7 Å². The van der Waals surface area contributed by atoms with Crippen LogP contribution in [0.1, 0.15) is 12.0 Å². The summed E-state index contributed by atoms with van der Waals surface area (Å²) in [4.78, 5) is 0.236. The summed E-state index contributed by atoms with van der Waals surface area (Å²) in [5.74, 6) is 0.673. The minimum absolute atomic E-state index is 0.236. The van der Waals surface area contributed by atoms with E-state index in [9.17, 15) is 8.42 Å². The molecule has 0 aliphatic rings. The Bertz CT molecular complexity index is 695. The van der Waals surface area contributed by atoms with Crippen molar-refractivity contribution in [3.63, 3.8) is 0 Å². The molecule has 3 N–H and O–H groups in total. The molecule has 0 spiro atoms. The molecular weight excluding hydrogens is 300 g/mol. The van der Waals surface area contributed by atoms with E-state index in [2.05, 4.69) is 4.72 Å². The van der Waals surface area contributed by atoms with E-state index in [0.29, 0.717) is 18.0 Å². The summed E-state index contributed by atoms with van der Waals surface area (Å²) in [7, 11) is -2.02. The van der Waals surface area contributed by atoms with E-state index in [1.165, 1.54) is 0 Å². The van der Waals surface area contributed by atoms with Crippen molar-refractivity contribution in [1.29, 1.82) is 0 Å². The highest BCUT2D eigenvalue weighted by Crippen LogP contribution is 2.19. The van der Waals surface area contributed by atoms with E-state index < -0.39 is 10.0 Å². The van der Waals surface area contributed by atoms with Crippen LogP contribution in [0.4, 0.5) is 5.69 Å². The Labute approximate surface area is 131 Å². The van der Waals surface area contributed by atoms with E-state index >= 15 is 0 Å². The maximum atomic E-state index is 12.3. The van der Waals surface area contributed by atoms with Crippen LogP contribution in [0.2, 0.25) is 0 Å². The van der Waals surface area contributed by atoms with Gasteiger partial charge in [0.25, 0.3) is 10.0 Å². The largest absolute Gasteiger partial charge is 0.497 e. The van der Waals surface area contributed by atoms with Crippen LogP contribution >= 0.6 is 0 Å². The lowest BCUT2D eigenvalue weighted by molar-refractivity contribution is 0.415. The molecule has 2 rings (SSSR count). The fourth-order valence-electron chi connectivity index (χ4n) is 2.01. The maximum Gasteiger partial charge on any atom is 0.261 e. The van der Waals surface area contributed by atoms with E-state index in [1.807, 2.05) is 12.1 Å². The number of methoxy groups -OCH3 is 1. The van der Waals surface area contributed by atoms with E-state index in [4.69, 9.17) is 10.5 Å². The topological polar surface area (TPSA) is 81.4 Å². The van der Waals surface area contributed by atoms with Crippen molar-refractivity contribution < 1.29 is 13.2 Å². The Morgan fingerprint density at radius 3 is 2.23 bits per heavy atom. The monoisotopic (exact) mass is 320 g/mol. The van der Waals surface area contributed by atoms with Gasteiger partial charge in [-0.05, 0) is 61.3 Å². The summed E-state index contributed by atoms with van der Waals surface area (Å²) in [6.45, 7) is 0.624. The molecule has 5 nitrogen and oxygen atoms in total. The van der Waals surface area contributed by atoms with Gasteiger partial charge < -0.3 is 10.5 Å². The van der Waals surface area contributed by atoms with Crippen LogP contribution in [0.25, 0.3) is 0 Å². The zero-order valence-corrected chi connectivity index (χ0v) is 13.3. The minimum atomic E-state index is -3.59. The van der Waals surface area contributed by atoms with Gasteiger partial charge in [0.05, 0.1) is 12.0 Å². The third kappa shape index (κ3) is 4.22. The molecule has 0 amide bonds. The summed E-state index contributed by atoms with van der Waals surface area (Å²) in [5.41, 5.74) is 7.04. The number of sulfonamides is 1. The van der Waals surface area contributed by atoms with Crippen molar-refractivity contribution in [2.75, 3.05) is 18.4 Å². The lowest BCUT2D eigenvalue weighted by Crippen LogP contribution is -2.12. The summed E-state index contributed by atoms with van der Waals surface area (Å²) >= 11 is 0. The third-order valence-corrected chi connectivity index (χ3v) is 4.64. The molecule has 0 unspecified atom stereocenters. The SMILES string of the molecule is COc1ccc(NS(=O)(=O)c2ccc(CCCN)cc2)cc1. The Morgan fingerprint density at radius 1 is 1.05 bits per heavy atom. The van der Waals surface area contributed by atoms with Crippen molar-refractivity contribution in [2.24, 2.45) is 5.73 Å².